The van der Waals surface area contributed by atoms with Gasteiger partial charge in [0.15, 0.2) is 0 Å². The predicted octanol–water partition coefficient (Wildman–Crippen LogP) is 0.863. The predicted molar refractivity (Wildman–Crippen MR) is 47.2 cm³/mol. The van der Waals surface area contributed by atoms with Crippen LogP contribution in [0.1, 0.15) is 6.92 Å². The Morgan fingerprint density at radius 3 is 3.09 bits per heavy atom. The first-order valence-corrected chi connectivity index (χ1v) is 3.42. The molecule has 0 unspecified atom stereocenters. The van der Waals surface area contributed by atoms with Crippen LogP contribution in [0.2, 0.25) is 0 Å². The Morgan fingerprint density at radius 2 is 2.36 bits per heavy atom. The monoisotopic (exact) mass is 146 g/mol. The molecule has 0 aliphatic carbocycles. The van der Waals surface area contributed by atoms with Crippen molar-refractivity contribution in [2.24, 2.45) is 10.7 Å². The topological polar surface area (TPSA) is 38.4 Å². The van der Waals surface area contributed by atoms with Gasteiger partial charge in [0.2, 0.25) is 0 Å². The molecule has 0 aromatic rings. The Morgan fingerprint density at radius 1 is 1.55 bits per heavy atom. The molecule has 0 amide bonds. The summed E-state index contributed by atoms with van der Waals surface area (Å²) in [6.45, 7) is 2.79. The summed E-state index contributed by atoms with van der Waals surface area (Å²) in [7, 11) is 0. The minimum atomic E-state index is 0.756. The zero-order valence-electron chi connectivity index (χ0n) is 6.46. The SMILES string of the molecule is CC1=CC=C(C#CN)C=NC1. The Bertz CT molecular complexity index is 284. The van der Waals surface area contributed by atoms with E-state index in [9.17, 15) is 0 Å². The molecular weight excluding hydrogens is 136 g/mol. The fraction of sp³-hybridized carbons (Fsp3) is 0.222. The molecule has 0 radical (unpaired) electrons. The van der Waals surface area contributed by atoms with E-state index in [2.05, 4.69) is 17.0 Å². The van der Waals surface area contributed by atoms with Gasteiger partial charge in [-0.05, 0) is 18.9 Å². The van der Waals surface area contributed by atoms with E-state index < -0.39 is 0 Å². The number of allylic oxidation sites excluding steroid dienone is 3. The van der Waals surface area contributed by atoms with Crippen molar-refractivity contribution in [3.8, 4) is 12.0 Å². The van der Waals surface area contributed by atoms with Gasteiger partial charge in [-0.15, -0.1) is 0 Å². The number of nitrogens with two attached hydrogens (primary N) is 1. The van der Waals surface area contributed by atoms with Gasteiger partial charge in [0, 0.05) is 17.8 Å². The van der Waals surface area contributed by atoms with Gasteiger partial charge in [0.25, 0.3) is 0 Å². The van der Waals surface area contributed by atoms with Crippen molar-refractivity contribution < 1.29 is 0 Å². The van der Waals surface area contributed by atoms with Gasteiger partial charge in [-0.25, -0.2) is 0 Å². The quantitative estimate of drug-likeness (QED) is 0.399. The summed E-state index contributed by atoms with van der Waals surface area (Å²) >= 11 is 0. The Labute approximate surface area is 66.5 Å². The number of hydrogen-bond acceptors (Lipinski definition) is 2. The fourth-order valence-corrected chi connectivity index (χ4v) is 0.773. The second-order valence-electron chi connectivity index (χ2n) is 2.37. The highest BCUT2D eigenvalue weighted by Crippen LogP contribution is 2.01. The Balaban J connectivity index is 2.86. The minimum Gasteiger partial charge on any atom is -0.359 e. The van der Waals surface area contributed by atoms with E-state index in [4.69, 9.17) is 5.73 Å². The average molecular weight is 146 g/mol. The standard InChI is InChI=1S/C9H10N2/c1-8-2-3-9(4-5-10)7-11-6-8/h2-3,7H,6,10H2,1H3. The van der Waals surface area contributed by atoms with Crippen molar-refractivity contribution in [2.45, 2.75) is 6.92 Å². The highest BCUT2D eigenvalue weighted by atomic mass is 14.7. The summed E-state index contributed by atoms with van der Waals surface area (Å²) in [6.07, 6.45) is 5.67. The number of hydrogen-bond donors (Lipinski definition) is 1. The van der Waals surface area contributed by atoms with Gasteiger partial charge in [0.05, 0.1) is 6.54 Å². The summed E-state index contributed by atoms with van der Waals surface area (Å²) in [4.78, 5) is 4.13. The van der Waals surface area contributed by atoms with Gasteiger partial charge < -0.3 is 5.73 Å². The van der Waals surface area contributed by atoms with E-state index >= 15 is 0 Å². The molecule has 1 heterocycles. The molecule has 0 aromatic carbocycles. The van der Waals surface area contributed by atoms with E-state index in [1.807, 2.05) is 19.1 Å². The third kappa shape index (κ3) is 2.30. The number of aliphatic imine (C=N–C) groups is 1. The van der Waals surface area contributed by atoms with Crippen molar-refractivity contribution in [3.05, 3.63) is 23.3 Å². The van der Waals surface area contributed by atoms with E-state index in [0.717, 1.165) is 12.1 Å². The van der Waals surface area contributed by atoms with Crippen LogP contribution in [0.3, 0.4) is 0 Å². The molecule has 2 heteroatoms. The molecule has 0 aromatic heterocycles. The first-order valence-electron chi connectivity index (χ1n) is 3.42. The zero-order chi connectivity index (χ0) is 8.10. The summed E-state index contributed by atoms with van der Waals surface area (Å²) in [5, 5.41) is 0. The molecule has 1 aliphatic heterocycles. The van der Waals surface area contributed by atoms with Crippen LogP contribution in [-0.4, -0.2) is 12.8 Å². The lowest BCUT2D eigenvalue weighted by Crippen LogP contribution is -1.83. The third-order valence-electron chi connectivity index (χ3n) is 1.33. The summed E-state index contributed by atoms with van der Waals surface area (Å²) < 4.78 is 0. The Kier molecular flexibility index (Phi) is 2.51. The van der Waals surface area contributed by atoms with E-state index in [-0.39, 0.29) is 0 Å². The molecule has 0 atom stereocenters. The largest absolute Gasteiger partial charge is 0.359 e. The Hall–Kier alpha value is -1.49. The van der Waals surface area contributed by atoms with Crippen LogP contribution in [0, 0.1) is 12.0 Å². The third-order valence-corrected chi connectivity index (χ3v) is 1.33. The molecule has 2 nitrogen and oxygen atoms in total. The lowest BCUT2D eigenvalue weighted by molar-refractivity contribution is 1.15. The van der Waals surface area contributed by atoms with Crippen LogP contribution >= 0.6 is 0 Å². The van der Waals surface area contributed by atoms with Crippen molar-refractivity contribution in [3.63, 3.8) is 0 Å². The molecule has 0 fully saturated rings. The molecule has 2 N–H and O–H groups in total. The summed E-state index contributed by atoms with van der Waals surface area (Å²) in [5.41, 5.74) is 7.16. The smallest absolute Gasteiger partial charge is 0.0600 e. The minimum absolute atomic E-state index is 0.756. The highest BCUT2D eigenvalue weighted by Gasteiger charge is 1.91. The molecule has 0 bridgehead atoms. The summed E-state index contributed by atoms with van der Waals surface area (Å²) in [6, 6.07) is 2.34. The molecule has 0 spiro atoms. The van der Waals surface area contributed by atoms with Gasteiger partial charge in [-0.3, -0.25) is 4.99 Å². The molecule has 0 saturated carbocycles. The second kappa shape index (κ2) is 3.62. The molecule has 1 rings (SSSR count). The van der Waals surface area contributed by atoms with Crippen molar-refractivity contribution in [1.29, 1.82) is 0 Å². The zero-order valence-corrected chi connectivity index (χ0v) is 6.46. The van der Waals surface area contributed by atoms with E-state index in [1.54, 1.807) is 6.21 Å². The molecule has 11 heavy (non-hydrogen) atoms. The maximum Gasteiger partial charge on any atom is 0.0600 e. The fourth-order valence-electron chi connectivity index (χ4n) is 0.773. The second-order valence-corrected chi connectivity index (χ2v) is 2.37. The van der Waals surface area contributed by atoms with Gasteiger partial charge in [-0.1, -0.05) is 11.6 Å². The van der Waals surface area contributed by atoms with Gasteiger partial charge >= 0.3 is 0 Å². The normalized spacial score (nSPS) is 15.7. The van der Waals surface area contributed by atoms with Crippen molar-refractivity contribution in [2.75, 3.05) is 6.54 Å². The van der Waals surface area contributed by atoms with Crippen LogP contribution in [-0.2, 0) is 0 Å². The maximum absolute atomic E-state index is 5.06. The lowest BCUT2D eigenvalue weighted by Gasteiger charge is -1.86. The first kappa shape index (κ1) is 7.62. The van der Waals surface area contributed by atoms with Crippen LogP contribution < -0.4 is 5.73 Å². The number of nitrogens with zero attached hydrogens (tertiary/aromatic N) is 1. The van der Waals surface area contributed by atoms with Crippen LogP contribution in [0.5, 0.6) is 0 Å². The van der Waals surface area contributed by atoms with E-state index in [0.29, 0.717) is 0 Å². The number of rotatable bonds is 0. The van der Waals surface area contributed by atoms with Crippen LogP contribution in [0.4, 0.5) is 0 Å². The first-order chi connectivity index (χ1) is 5.33. The van der Waals surface area contributed by atoms with Crippen molar-refractivity contribution in [1.82, 2.24) is 0 Å². The van der Waals surface area contributed by atoms with Gasteiger partial charge in [0.1, 0.15) is 0 Å². The molecule has 0 saturated heterocycles. The lowest BCUT2D eigenvalue weighted by atomic mass is 10.2. The molecular formula is C9H10N2. The average Bonchev–Trinajstić information content (AvgIpc) is 2.17. The van der Waals surface area contributed by atoms with Crippen LogP contribution in [0.25, 0.3) is 0 Å². The molecule has 56 valence electrons. The van der Waals surface area contributed by atoms with Crippen molar-refractivity contribution >= 4 is 6.21 Å². The van der Waals surface area contributed by atoms with Crippen LogP contribution in [0.15, 0.2) is 28.3 Å². The van der Waals surface area contributed by atoms with Gasteiger partial charge in [-0.2, -0.15) is 0 Å². The molecule has 1 aliphatic rings. The van der Waals surface area contributed by atoms with E-state index in [1.165, 1.54) is 5.57 Å². The summed E-state index contributed by atoms with van der Waals surface area (Å²) in [5.74, 6) is 2.74. The highest BCUT2D eigenvalue weighted by molar-refractivity contribution is 5.85. The maximum atomic E-state index is 5.06.